The number of hydrogen-bond donors (Lipinski definition) is 3. The summed E-state index contributed by atoms with van der Waals surface area (Å²) in [5.74, 6) is -0.0128. The van der Waals surface area contributed by atoms with Crippen LogP contribution < -0.4 is 25.2 Å². The quantitative estimate of drug-likeness (QED) is 0.366. The Morgan fingerprint density at radius 2 is 2.03 bits per heavy atom. The van der Waals surface area contributed by atoms with Crippen LogP contribution in [0.4, 0.5) is 11.4 Å². The van der Waals surface area contributed by atoms with Crippen molar-refractivity contribution in [2.45, 2.75) is 83.6 Å². The molecular formula is C29H44N4O6. The highest BCUT2D eigenvalue weighted by molar-refractivity contribution is 6.04. The summed E-state index contributed by atoms with van der Waals surface area (Å²) in [6, 6.07) is 5.51. The minimum Gasteiger partial charge on any atom is -0.476 e. The lowest BCUT2D eigenvalue weighted by molar-refractivity contribution is -0.132. The van der Waals surface area contributed by atoms with Crippen molar-refractivity contribution >= 4 is 29.1 Å². The average molecular weight is 545 g/mol. The molecule has 3 amide bonds. The molecule has 1 saturated carbocycles. The number of methoxy groups -OCH3 is 1. The zero-order chi connectivity index (χ0) is 28.3. The number of carbonyl (C=O) groups is 3. The number of aliphatic hydroxyl groups is 1. The van der Waals surface area contributed by atoms with Gasteiger partial charge in [-0.05, 0) is 70.1 Å². The molecule has 10 heteroatoms. The van der Waals surface area contributed by atoms with E-state index in [1.807, 2.05) is 36.9 Å². The molecule has 3 N–H and O–H groups in total. The van der Waals surface area contributed by atoms with Crippen molar-refractivity contribution in [3.63, 3.8) is 0 Å². The highest BCUT2D eigenvalue weighted by atomic mass is 16.5. The molecule has 1 aromatic carbocycles. The Morgan fingerprint density at radius 3 is 2.69 bits per heavy atom. The molecule has 0 bridgehead atoms. The van der Waals surface area contributed by atoms with E-state index in [0.29, 0.717) is 56.9 Å². The van der Waals surface area contributed by atoms with E-state index in [1.54, 1.807) is 25.9 Å². The van der Waals surface area contributed by atoms with Crippen molar-refractivity contribution in [1.29, 1.82) is 0 Å². The fourth-order valence-electron chi connectivity index (χ4n) is 5.43. The molecule has 2 fully saturated rings. The predicted molar refractivity (Wildman–Crippen MR) is 149 cm³/mol. The molecular weight excluding hydrogens is 500 g/mol. The van der Waals surface area contributed by atoms with Crippen LogP contribution in [0.1, 0.15) is 59.8 Å². The van der Waals surface area contributed by atoms with Crippen LogP contribution in [0, 0.1) is 11.8 Å². The van der Waals surface area contributed by atoms with Crippen molar-refractivity contribution in [3.05, 3.63) is 18.2 Å². The fourth-order valence-corrected chi connectivity index (χ4v) is 5.43. The van der Waals surface area contributed by atoms with Crippen LogP contribution >= 0.6 is 0 Å². The molecule has 10 nitrogen and oxygen atoms in total. The molecule has 1 aromatic rings. The van der Waals surface area contributed by atoms with Crippen molar-refractivity contribution in [3.8, 4) is 5.75 Å². The van der Waals surface area contributed by atoms with Gasteiger partial charge in [-0.2, -0.15) is 0 Å². The second kappa shape index (κ2) is 12.2. The summed E-state index contributed by atoms with van der Waals surface area (Å²) >= 11 is 0. The van der Waals surface area contributed by atoms with Gasteiger partial charge in [0, 0.05) is 51.1 Å². The lowest BCUT2D eigenvalue weighted by atomic mass is 9.93. The van der Waals surface area contributed by atoms with Gasteiger partial charge in [0.05, 0.1) is 11.6 Å². The number of benzene rings is 1. The van der Waals surface area contributed by atoms with Gasteiger partial charge in [0.2, 0.25) is 11.8 Å². The first-order valence-corrected chi connectivity index (χ1v) is 14.2. The van der Waals surface area contributed by atoms with E-state index >= 15 is 0 Å². The summed E-state index contributed by atoms with van der Waals surface area (Å²) in [6.07, 6.45) is 2.36. The molecule has 0 radical (unpaired) electrons. The Bertz CT molecular complexity index is 1060. The van der Waals surface area contributed by atoms with Gasteiger partial charge in [-0.15, -0.1) is 0 Å². The molecule has 1 saturated heterocycles. The van der Waals surface area contributed by atoms with Crippen LogP contribution in [-0.4, -0.2) is 80.0 Å². The third kappa shape index (κ3) is 6.91. The van der Waals surface area contributed by atoms with Crippen LogP contribution in [0.25, 0.3) is 0 Å². The molecule has 1 unspecified atom stereocenters. The second-order valence-corrected chi connectivity index (χ2v) is 11.9. The summed E-state index contributed by atoms with van der Waals surface area (Å²) in [5.41, 5.74) is 0.425. The maximum absolute atomic E-state index is 13.9. The van der Waals surface area contributed by atoms with Crippen molar-refractivity contribution in [2.24, 2.45) is 11.8 Å². The largest absolute Gasteiger partial charge is 0.476 e. The predicted octanol–water partition coefficient (Wildman–Crippen LogP) is 2.22. The number of aliphatic hydroxyl groups excluding tert-OH is 1. The Kier molecular flexibility index (Phi) is 9.18. The first-order valence-electron chi connectivity index (χ1n) is 14.2. The Morgan fingerprint density at radius 1 is 1.28 bits per heavy atom. The van der Waals surface area contributed by atoms with Crippen LogP contribution in [-0.2, 0) is 19.1 Å². The van der Waals surface area contributed by atoms with Crippen molar-refractivity contribution in [1.82, 2.24) is 10.6 Å². The Balaban J connectivity index is 1.52. The van der Waals surface area contributed by atoms with Gasteiger partial charge >= 0.3 is 0 Å². The molecule has 0 aromatic heterocycles. The van der Waals surface area contributed by atoms with Gasteiger partial charge in [0.1, 0.15) is 11.9 Å². The first-order chi connectivity index (χ1) is 18.5. The molecule has 0 spiro atoms. The Labute approximate surface area is 231 Å². The zero-order valence-corrected chi connectivity index (χ0v) is 23.9. The number of fused-ring (bicyclic) bond motifs is 1. The van der Waals surface area contributed by atoms with E-state index in [0.717, 1.165) is 18.5 Å². The Hall–Kier alpha value is -2.69. The smallest absolute Gasteiger partial charge is 0.270 e. The third-order valence-electron chi connectivity index (χ3n) is 7.56. The summed E-state index contributed by atoms with van der Waals surface area (Å²) in [6.45, 7) is 9.55. The fraction of sp³-hybridized carbons (Fsp3) is 0.690. The van der Waals surface area contributed by atoms with E-state index in [1.165, 1.54) is 0 Å². The van der Waals surface area contributed by atoms with E-state index < -0.39 is 17.6 Å². The number of hydrogen-bond acceptors (Lipinski definition) is 7. The molecule has 39 heavy (non-hydrogen) atoms. The number of nitrogens with zero attached hydrogens (tertiary/aromatic N) is 2. The summed E-state index contributed by atoms with van der Waals surface area (Å²) in [5, 5.41) is 16.4. The van der Waals surface area contributed by atoms with E-state index in [2.05, 4.69) is 10.6 Å². The number of rotatable bonds is 11. The molecule has 216 valence electrons. The topological polar surface area (TPSA) is 120 Å². The molecule has 3 atom stereocenters. The number of amides is 3. The highest BCUT2D eigenvalue weighted by Gasteiger charge is 2.43. The van der Waals surface area contributed by atoms with Crippen LogP contribution in [0.15, 0.2) is 18.2 Å². The van der Waals surface area contributed by atoms with Crippen molar-refractivity contribution < 1.29 is 29.0 Å². The number of nitrogens with one attached hydrogen (secondary N) is 2. The standard InChI is InChI=1S/C29H44N4O6/c1-18(2)13-24(34)26(35)31-20-14-19(16-30-17-20)27(36)33(21-7-8-21)22-9-10-25-23(15-22)32(11-6-12-38-5)28(37)29(3,4)39-25/h9-10,15,18-21,24,30,34H,6-8,11-14,16-17H2,1-5H3,(H,31,35)/t19-,20+,24?/m1/s1. The second-order valence-electron chi connectivity index (χ2n) is 11.9. The lowest BCUT2D eigenvalue weighted by Crippen LogP contribution is -2.54. The van der Waals surface area contributed by atoms with Gasteiger partial charge in [-0.3, -0.25) is 14.4 Å². The monoisotopic (exact) mass is 544 g/mol. The lowest BCUT2D eigenvalue weighted by Gasteiger charge is -2.40. The minimum absolute atomic E-state index is 0.000875. The van der Waals surface area contributed by atoms with E-state index in [-0.39, 0.29) is 35.7 Å². The molecule has 4 rings (SSSR count). The van der Waals surface area contributed by atoms with Crippen LogP contribution in [0.3, 0.4) is 0 Å². The van der Waals surface area contributed by atoms with Gasteiger partial charge < -0.3 is 35.0 Å². The third-order valence-corrected chi connectivity index (χ3v) is 7.56. The van der Waals surface area contributed by atoms with E-state index in [9.17, 15) is 19.5 Å². The molecule has 2 aliphatic heterocycles. The number of ether oxygens (including phenoxy) is 2. The van der Waals surface area contributed by atoms with Crippen molar-refractivity contribution in [2.75, 3.05) is 43.2 Å². The summed E-state index contributed by atoms with van der Waals surface area (Å²) in [7, 11) is 1.64. The van der Waals surface area contributed by atoms with Gasteiger partial charge in [0.25, 0.3) is 5.91 Å². The highest BCUT2D eigenvalue weighted by Crippen LogP contribution is 2.42. The average Bonchev–Trinajstić information content (AvgIpc) is 3.71. The maximum atomic E-state index is 13.9. The number of piperidine rings is 1. The number of carbonyl (C=O) groups excluding carboxylic acids is 3. The van der Waals surface area contributed by atoms with Crippen LogP contribution in [0.5, 0.6) is 5.75 Å². The van der Waals surface area contributed by atoms with Gasteiger partial charge in [-0.25, -0.2) is 0 Å². The molecule has 3 aliphatic rings. The summed E-state index contributed by atoms with van der Waals surface area (Å²) < 4.78 is 11.3. The SMILES string of the molecule is COCCCN1C(=O)C(C)(C)Oc2ccc(N(C(=O)[C@H]3CNC[C@@H](NC(=O)C(O)CC(C)C)C3)C3CC3)cc21. The van der Waals surface area contributed by atoms with Crippen LogP contribution in [0.2, 0.25) is 0 Å². The molecule has 1 aliphatic carbocycles. The number of anilines is 2. The maximum Gasteiger partial charge on any atom is 0.270 e. The zero-order valence-electron chi connectivity index (χ0n) is 23.9. The van der Waals surface area contributed by atoms with Gasteiger partial charge in [0.15, 0.2) is 5.60 Å². The summed E-state index contributed by atoms with van der Waals surface area (Å²) in [4.78, 5) is 43.3. The minimum atomic E-state index is -1.05. The van der Waals surface area contributed by atoms with Gasteiger partial charge in [-0.1, -0.05) is 13.8 Å². The van der Waals surface area contributed by atoms with E-state index in [4.69, 9.17) is 9.47 Å². The first kappa shape index (κ1) is 29.3. The molecule has 2 heterocycles. The normalized spacial score (nSPS) is 23.2.